The minimum Gasteiger partial charge on any atom is -0.381 e. The minimum atomic E-state index is -0.636. The van der Waals surface area contributed by atoms with Crippen molar-refractivity contribution in [2.75, 3.05) is 11.5 Å². The first-order valence-electron chi connectivity index (χ1n) is 5.29. The lowest BCUT2D eigenvalue weighted by Gasteiger charge is -2.06. The van der Waals surface area contributed by atoms with Crippen LogP contribution in [-0.2, 0) is 6.42 Å². The van der Waals surface area contributed by atoms with Crippen LogP contribution in [0.1, 0.15) is 12.5 Å². The highest BCUT2D eigenvalue weighted by molar-refractivity contribution is 5.64. The van der Waals surface area contributed by atoms with Crippen molar-refractivity contribution in [3.05, 3.63) is 35.6 Å². The summed E-state index contributed by atoms with van der Waals surface area (Å²) in [6.07, 6.45) is 0.927. The van der Waals surface area contributed by atoms with Crippen molar-refractivity contribution in [1.29, 1.82) is 0 Å². The molecule has 1 aromatic carbocycles. The van der Waals surface area contributed by atoms with Crippen LogP contribution in [0.5, 0.6) is 0 Å². The van der Waals surface area contributed by atoms with Crippen LogP contribution >= 0.6 is 0 Å². The fourth-order valence-electron chi connectivity index (χ4n) is 1.57. The van der Waals surface area contributed by atoms with Crippen molar-refractivity contribution in [1.82, 2.24) is 9.97 Å². The van der Waals surface area contributed by atoms with E-state index in [2.05, 4.69) is 16.9 Å². The molecule has 0 bridgehead atoms. The van der Waals surface area contributed by atoms with Crippen molar-refractivity contribution in [3.63, 3.8) is 0 Å². The maximum atomic E-state index is 13.7. The van der Waals surface area contributed by atoms with E-state index in [1.54, 1.807) is 12.1 Å². The van der Waals surface area contributed by atoms with Gasteiger partial charge in [0, 0.05) is 5.56 Å². The summed E-state index contributed by atoms with van der Waals surface area (Å²) >= 11 is 0. The van der Waals surface area contributed by atoms with Crippen LogP contribution < -0.4 is 11.5 Å². The van der Waals surface area contributed by atoms with E-state index >= 15 is 0 Å². The van der Waals surface area contributed by atoms with Crippen molar-refractivity contribution in [3.8, 4) is 11.3 Å². The number of halogens is 1. The SMILES string of the molecule is CCc1ccc(-c2nc(N)nc(N)c2F)cc1. The first kappa shape index (κ1) is 11.3. The molecule has 0 fully saturated rings. The molecule has 0 atom stereocenters. The van der Waals surface area contributed by atoms with Gasteiger partial charge >= 0.3 is 0 Å². The molecule has 2 aromatic rings. The number of hydrogen-bond acceptors (Lipinski definition) is 4. The molecular formula is C12H13FN4. The molecule has 88 valence electrons. The molecule has 4 nitrogen and oxygen atoms in total. The van der Waals surface area contributed by atoms with Gasteiger partial charge in [-0.2, -0.15) is 4.98 Å². The standard InChI is InChI=1S/C12H13FN4/c1-2-7-3-5-8(6-4-7)10-9(13)11(14)17-12(15)16-10/h3-6H,2H2,1H3,(H4,14,15,16,17). The molecule has 0 aliphatic rings. The van der Waals surface area contributed by atoms with Gasteiger partial charge in [0.2, 0.25) is 5.95 Å². The summed E-state index contributed by atoms with van der Waals surface area (Å²) < 4.78 is 13.7. The van der Waals surface area contributed by atoms with Gasteiger partial charge < -0.3 is 11.5 Å². The zero-order valence-corrected chi connectivity index (χ0v) is 9.44. The maximum absolute atomic E-state index is 13.7. The Labute approximate surface area is 98.5 Å². The summed E-state index contributed by atoms with van der Waals surface area (Å²) in [6.45, 7) is 2.05. The minimum absolute atomic E-state index is 0.0292. The van der Waals surface area contributed by atoms with Gasteiger partial charge in [0.15, 0.2) is 11.6 Å². The van der Waals surface area contributed by atoms with Crippen LogP contribution in [0.3, 0.4) is 0 Å². The largest absolute Gasteiger partial charge is 0.381 e. The van der Waals surface area contributed by atoms with Gasteiger partial charge in [-0.3, -0.25) is 0 Å². The van der Waals surface area contributed by atoms with Crippen molar-refractivity contribution >= 4 is 11.8 Å². The molecule has 4 N–H and O–H groups in total. The van der Waals surface area contributed by atoms with Gasteiger partial charge in [-0.25, -0.2) is 9.37 Å². The molecule has 0 unspecified atom stereocenters. The average molecular weight is 232 g/mol. The number of benzene rings is 1. The smallest absolute Gasteiger partial charge is 0.222 e. The predicted molar refractivity (Wildman–Crippen MR) is 65.6 cm³/mol. The van der Waals surface area contributed by atoms with Gasteiger partial charge in [-0.05, 0) is 12.0 Å². The molecule has 0 amide bonds. The summed E-state index contributed by atoms with van der Waals surface area (Å²) in [5.41, 5.74) is 12.8. The van der Waals surface area contributed by atoms with E-state index in [4.69, 9.17) is 11.5 Å². The van der Waals surface area contributed by atoms with E-state index in [0.717, 1.165) is 6.42 Å². The molecule has 0 aliphatic carbocycles. The average Bonchev–Trinajstić information content (AvgIpc) is 2.34. The van der Waals surface area contributed by atoms with Crippen LogP contribution in [0, 0.1) is 5.82 Å². The first-order valence-corrected chi connectivity index (χ1v) is 5.29. The van der Waals surface area contributed by atoms with E-state index < -0.39 is 5.82 Å². The third-order valence-corrected chi connectivity index (χ3v) is 2.53. The Morgan fingerprint density at radius 3 is 2.35 bits per heavy atom. The molecule has 1 aromatic heterocycles. The third kappa shape index (κ3) is 2.18. The molecule has 2 rings (SSSR count). The lowest BCUT2D eigenvalue weighted by atomic mass is 10.1. The van der Waals surface area contributed by atoms with Crippen LogP contribution in [0.25, 0.3) is 11.3 Å². The fourth-order valence-corrected chi connectivity index (χ4v) is 1.57. The van der Waals surface area contributed by atoms with Gasteiger partial charge in [0.1, 0.15) is 5.69 Å². The van der Waals surface area contributed by atoms with E-state index in [0.29, 0.717) is 5.56 Å². The van der Waals surface area contributed by atoms with E-state index in [9.17, 15) is 4.39 Å². The fraction of sp³-hybridized carbons (Fsp3) is 0.167. The van der Waals surface area contributed by atoms with Gasteiger partial charge in [0.05, 0.1) is 0 Å². The lowest BCUT2D eigenvalue weighted by molar-refractivity contribution is 0.625. The number of anilines is 2. The van der Waals surface area contributed by atoms with E-state index in [1.807, 2.05) is 12.1 Å². The number of nitrogens with zero attached hydrogens (tertiary/aromatic N) is 2. The van der Waals surface area contributed by atoms with E-state index in [-0.39, 0.29) is 17.5 Å². The van der Waals surface area contributed by atoms with Crippen LogP contribution in [0.15, 0.2) is 24.3 Å². The quantitative estimate of drug-likeness (QED) is 0.830. The van der Waals surface area contributed by atoms with Gasteiger partial charge in [-0.1, -0.05) is 31.2 Å². The monoisotopic (exact) mass is 232 g/mol. The summed E-state index contributed by atoms with van der Waals surface area (Å²) in [4.78, 5) is 7.43. The molecule has 0 aliphatic heterocycles. The maximum Gasteiger partial charge on any atom is 0.222 e. The molecule has 5 heteroatoms. The zero-order chi connectivity index (χ0) is 12.4. The Balaban J connectivity index is 2.52. The molecular weight excluding hydrogens is 219 g/mol. The molecule has 0 spiro atoms. The Hall–Kier alpha value is -2.17. The summed E-state index contributed by atoms with van der Waals surface area (Å²) in [6, 6.07) is 7.43. The Morgan fingerprint density at radius 2 is 1.76 bits per heavy atom. The lowest BCUT2D eigenvalue weighted by Crippen LogP contribution is -2.05. The van der Waals surface area contributed by atoms with E-state index in [1.165, 1.54) is 5.56 Å². The highest BCUT2D eigenvalue weighted by Gasteiger charge is 2.12. The van der Waals surface area contributed by atoms with Gasteiger partial charge in [-0.15, -0.1) is 0 Å². The Bertz CT molecular complexity index is 537. The van der Waals surface area contributed by atoms with Crippen LogP contribution in [-0.4, -0.2) is 9.97 Å². The summed E-state index contributed by atoms with van der Waals surface area (Å²) in [5.74, 6) is -0.894. The Kier molecular flexibility index (Phi) is 2.91. The summed E-state index contributed by atoms with van der Waals surface area (Å²) in [7, 11) is 0. The molecule has 0 saturated carbocycles. The second-order valence-electron chi connectivity index (χ2n) is 3.68. The zero-order valence-electron chi connectivity index (χ0n) is 9.44. The second kappa shape index (κ2) is 4.37. The topological polar surface area (TPSA) is 77.8 Å². The molecule has 1 heterocycles. The van der Waals surface area contributed by atoms with Crippen molar-refractivity contribution < 1.29 is 4.39 Å². The van der Waals surface area contributed by atoms with Crippen LogP contribution in [0.4, 0.5) is 16.2 Å². The number of nitrogens with two attached hydrogens (primary N) is 2. The number of hydrogen-bond donors (Lipinski definition) is 2. The summed E-state index contributed by atoms with van der Waals surface area (Å²) in [5, 5.41) is 0. The van der Waals surface area contributed by atoms with Gasteiger partial charge in [0.25, 0.3) is 0 Å². The highest BCUT2D eigenvalue weighted by atomic mass is 19.1. The van der Waals surface area contributed by atoms with Crippen molar-refractivity contribution in [2.24, 2.45) is 0 Å². The second-order valence-corrected chi connectivity index (χ2v) is 3.68. The normalized spacial score (nSPS) is 10.5. The molecule has 0 saturated heterocycles. The molecule has 0 radical (unpaired) electrons. The number of nitrogen functional groups attached to an aromatic ring is 2. The molecule has 17 heavy (non-hydrogen) atoms. The number of aryl methyl sites for hydroxylation is 1. The third-order valence-electron chi connectivity index (χ3n) is 2.53. The first-order chi connectivity index (χ1) is 8.11. The highest BCUT2D eigenvalue weighted by Crippen LogP contribution is 2.24. The number of rotatable bonds is 2. The predicted octanol–water partition coefficient (Wildman–Crippen LogP) is 2.01. The number of aromatic nitrogens is 2. The van der Waals surface area contributed by atoms with Crippen LogP contribution in [0.2, 0.25) is 0 Å². The van der Waals surface area contributed by atoms with Crippen molar-refractivity contribution in [2.45, 2.75) is 13.3 Å². The Morgan fingerprint density at radius 1 is 1.12 bits per heavy atom.